The van der Waals surface area contributed by atoms with Crippen LogP contribution in [0.2, 0.25) is 0 Å². The van der Waals surface area contributed by atoms with E-state index in [-0.39, 0.29) is 11.9 Å². The van der Waals surface area contributed by atoms with E-state index in [9.17, 15) is 10.1 Å². The highest BCUT2D eigenvalue weighted by Crippen LogP contribution is 2.22. The Balaban J connectivity index is 1.71. The van der Waals surface area contributed by atoms with Crippen LogP contribution in [0.4, 0.5) is 5.82 Å². The van der Waals surface area contributed by atoms with E-state index >= 15 is 0 Å². The third-order valence-electron chi connectivity index (χ3n) is 4.20. The molecule has 1 unspecified atom stereocenters. The van der Waals surface area contributed by atoms with Gasteiger partial charge in [0.1, 0.15) is 11.9 Å². The Labute approximate surface area is 141 Å². The average Bonchev–Trinajstić information content (AvgIpc) is 3.03. The van der Waals surface area contributed by atoms with Gasteiger partial charge in [0.15, 0.2) is 0 Å². The van der Waals surface area contributed by atoms with Gasteiger partial charge in [-0.15, -0.1) is 0 Å². The summed E-state index contributed by atoms with van der Waals surface area (Å²) >= 11 is 0. The fourth-order valence-electron chi connectivity index (χ4n) is 3.02. The van der Waals surface area contributed by atoms with Crippen molar-refractivity contribution in [2.75, 3.05) is 18.4 Å². The molecule has 122 valence electrons. The molecule has 2 aromatic rings. The normalized spacial score (nSPS) is 16.7. The summed E-state index contributed by atoms with van der Waals surface area (Å²) in [5, 5.41) is 12.7. The summed E-state index contributed by atoms with van der Waals surface area (Å²) in [5.74, 6) is 0.619. The summed E-state index contributed by atoms with van der Waals surface area (Å²) in [6.45, 7) is 5.10. The predicted octanol–water partition coefficient (Wildman–Crippen LogP) is 2.29. The van der Waals surface area contributed by atoms with Gasteiger partial charge >= 0.3 is 0 Å². The van der Waals surface area contributed by atoms with Crippen LogP contribution < -0.4 is 5.32 Å². The maximum Gasteiger partial charge on any atom is 0.254 e. The smallest absolute Gasteiger partial charge is 0.254 e. The fourth-order valence-corrected chi connectivity index (χ4v) is 3.02. The van der Waals surface area contributed by atoms with E-state index in [4.69, 9.17) is 0 Å². The van der Waals surface area contributed by atoms with Crippen molar-refractivity contribution in [1.29, 1.82) is 5.26 Å². The van der Waals surface area contributed by atoms with Crippen molar-refractivity contribution in [2.45, 2.75) is 26.3 Å². The molecule has 1 aliphatic rings. The number of pyridine rings is 2. The summed E-state index contributed by atoms with van der Waals surface area (Å²) < 4.78 is 0. The maximum atomic E-state index is 12.5. The van der Waals surface area contributed by atoms with Crippen LogP contribution in [0, 0.1) is 25.2 Å². The first-order valence-corrected chi connectivity index (χ1v) is 7.92. The molecule has 6 nitrogen and oxygen atoms in total. The van der Waals surface area contributed by atoms with Crippen LogP contribution in [-0.2, 0) is 0 Å². The lowest BCUT2D eigenvalue weighted by Crippen LogP contribution is -2.31. The van der Waals surface area contributed by atoms with Crippen LogP contribution in [0.1, 0.15) is 33.6 Å². The van der Waals surface area contributed by atoms with Crippen LogP contribution in [0.3, 0.4) is 0 Å². The van der Waals surface area contributed by atoms with Gasteiger partial charge in [0.2, 0.25) is 0 Å². The lowest BCUT2D eigenvalue weighted by Gasteiger charge is -2.18. The highest BCUT2D eigenvalue weighted by atomic mass is 16.2. The Morgan fingerprint density at radius 1 is 1.38 bits per heavy atom. The largest absolute Gasteiger partial charge is 0.364 e. The highest BCUT2D eigenvalue weighted by molar-refractivity contribution is 5.94. The number of nitriles is 1. The maximum absolute atomic E-state index is 12.5. The second-order valence-electron chi connectivity index (χ2n) is 6.03. The highest BCUT2D eigenvalue weighted by Gasteiger charge is 2.27. The van der Waals surface area contributed by atoms with Crippen molar-refractivity contribution in [3.8, 4) is 6.07 Å². The number of carbonyl (C=O) groups excluding carboxylic acids is 1. The van der Waals surface area contributed by atoms with E-state index in [0.717, 1.165) is 17.7 Å². The number of nitrogens with one attached hydrogen (secondary N) is 1. The number of aryl methyl sites for hydroxylation is 2. The van der Waals surface area contributed by atoms with Crippen LogP contribution in [0.5, 0.6) is 0 Å². The Morgan fingerprint density at radius 2 is 2.12 bits per heavy atom. The molecule has 1 saturated heterocycles. The number of amides is 1. The molecule has 0 bridgehead atoms. The molecular weight excluding hydrogens is 302 g/mol. The number of nitrogens with zero attached hydrogens (tertiary/aromatic N) is 4. The minimum atomic E-state index is 0.00980. The average molecular weight is 321 g/mol. The SMILES string of the molecule is Cc1cc(C)c(C#N)c(NC2CCN(C(=O)c3ccncc3)C2)n1. The molecule has 0 saturated carbocycles. The van der Waals surface area contributed by atoms with Crippen molar-refractivity contribution in [2.24, 2.45) is 0 Å². The van der Waals surface area contributed by atoms with Crippen molar-refractivity contribution < 1.29 is 4.79 Å². The van der Waals surface area contributed by atoms with Gasteiger partial charge in [-0.05, 0) is 44.0 Å². The molecule has 24 heavy (non-hydrogen) atoms. The third kappa shape index (κ3) is 3.20. The summed E-state index contributed by atoms with van der Waals surface area (Å²) in [6, 6.07) is 7.66. The topological polar surface area (TPSA) is 81.9 Å². The Bertz CT molecular complexity index is 797. The molecule has 1 fully saturated rings. The van der Waals surface area contributed by atoms with Crippen LogP contribution in [-0.4, -0.2) is 39.9 Å². The van der Waals surface area contributed by atoms with Crippen LogP contribution in [0.15, 0.2) is 30.6 Å². The van der Waals surface area contributed by atoms with Gasteiger partial charge in [-0.2, -0.15) is 5.26 Å². The van der Waals surface area contributed by atoms with Crippen molar-refractivity contribution in [3.63, 3.8) is 0 Å². The first kappa shape index (κ1) is 15.9. The van der Waals surface area contributed by atoms with Crippen molar-refractivity contribution in [1.82, 2.24) is 14.9 Å². The molecule has 3 rings (SSSR count). The molecule has 1 amide bonds. The lowest BCUT2D eigenvalue weighted by molar-refractivity contribution is 0.0791. The lowest BCUT2D eigenvalue weighted by atomic mass is 10.1. The molecule has 6 heteroatoms. The number of aromatic nitrogens is 2. The first-order valence-electron chi connectivity index (χ1n) is 7.92. The second kappa shape index (κ2) is 6.67. The van der Waals surface area contributed by atoms with Gasteiger partial charge in [0.25, 0.3) is 5.91 Å². The van der Waals surface area contributed by atoms with E-state index in [1.807, 2.05) is 24.8 Å². The van der Waals surface area contributed by atoms with E-state index < -0.39 is 0 Å². The molecule has 1 N–H and O–H groups in total. The van der Waals surface area contributed by atoms with Crippen molar-refractivity contribution in [3.05, 3.63) is 53.0 Å². The standard InChI is InChI=1S/C18H19N5O/c1-12-9-13(2)21-17(16(12)10-19)22-15-5-8-23(11-15)18(24)14-3-6-20-7-4-14/h3-4,6-7,9,15H,5,8,11H2,1-2H3,(H,21,22). The van der Waals surface area contributed by atoms with Crippen molar-refractivity contribution >= 4 is 11.7 Å². The summed E-state index contributed by atoms with van der Waals surface area (Å²) in [7, 11) is 0. The molecule has 2 aromatic heterocycles. The zero-order chi connectivity index (χ0) is 17.1. The van der Waals surface area contributed by atoms with E-state index in [2.05, 4.69) is 21.4 Å². The number of hydrogen-bond donors (Lipinski definition) is 1. The van der Waals surface area contributed by atoms with Gasteiger partial charge in [0.05, 0.1) is 5.56 Å². The summed E-state index contributed by atoms with van der Waals surface area (Å²) in [6.07, 6.45) is 4.08. The van der Waals surface area contributed by atoms with Gasteiger partial charge in [0, 0.05) is 42.8 Å². The Kier molecular flexibility index (Phi) is 4.43. The zero-order valence-electron chi connectivity index (χ0n) is 13.8. The quantitative estimate of drug-likeness (QED) is 0.938. The molecule has 1 atom stereocenters. The zero-order valence-corrected chi connectivity index (χ0v) is 13.8. The second-order valence-corrected chi connectivity index (χ2v) is 6.03. The monoisotopic (exact) mass is 321 g/mol. The van der Waals surface area contributed by atoms with Gasteiger partial charge in [-0.3, -0.25) is 9.78 Å². The minimum Gasteiger partial charge on any atom is -0.364 e. The number of hydrogen-bond acceptors (Lipinski definition) is 5. The Hall–Kier alpha value is -2.94. The Morgan fingerprint density at radius 3 is 2.83 bits per heavy atom. The van der Waals surface area contributed by atoms with E-state index in [1.165, 1.54) is 0 Å². The molecule has 0 aliphatic carbocycles. The molecule has 3 heterocycles. The summed E-state index contributed by atoms with van der Waals surface area (Å²) in [5.41, 5.74) is 3.00. The number of anilines is 1. The van der Waals surface area contributed by atoms with Crippen LogP contribution in [0.25, 0.3) is 0 Å². The molecule has 0 aromatic carbocycles. The fraction of sp³-hybridized carbons (Fsp3) is 0.333. The van der Waals surface area contributed by atoms with Crippen LogP contribution >= 0.6 is 0 Å². The van der Waals surface area contributed by atoms with Gasteiger partial charge in [-0.1, -0.05) is 0 Å². The minimum absolute atomic E-state index is 0.00980. The van der Waals surface area contributed by atoms with E-state index in [1.54, 1.807) is 24.5 Å². The van der Waals surface area contributed by atoms with Gasteiger partial charge in [-0.25, -0.2) is 4.98 Å². The molecule has 1 aliphatic heterocycles. The van der Waals surface area contributed by atoms with E-state index in [0.29, 0.717) is 30.0 Å². The number of carbonyl (C=O) groups is 1. The first-order chi connectivity index (χ1) is 11.6. The molecule has 0 spiro atoms. The number of likely N-dealkylation sites (tertiary alicyclic amines) is 1. The molecular formula is C18H19N5O. The number of rotatable bonds is 3. The van der Waals surface area contributed by atoms with Gasteiger partial charge < -0.3 is 10.2 Å². The predicted molar refractivity (Wildman–Crippen MR) is 90.6 cm³/mol. The third-order valence-corrected chi connectivity index (χ3v) is 4.20. The molecule has 0 radical (unpaired) electrons. The summed E-state index contributed by atoms with van der Waals surface area (Å²) in [4.78, 5) is 22.7.